The number of hydrogen-bond donors (Lipinski definition) is 0. The number of halogens is 1. The van der Waals surface area contributed by atoms with E-state index in [9.17, 15) is 4.79 Å². The minimum Gasteiger partial charge on any atom is -0.467 e. The molecule has 2 aliphatic heterocycles. The van der Waals surface area contributed by atoms with Gasteiger partial charge in [-0.2, -0.15) is 5.10 Å². The first-order chi connectivity index (χ1) is 16.2. The molecule has 3 heterocycles. The monoisotopic (exact) mass is 461 g/mol. The molecule has 1 fully saturated rings. The first-order valence-corrected chi connectivity index (χ1v) is 12.0. The summed E-state index contributed by atoms with van der Waals surface area (Å²) in [5.74, 6) is 1.45. The molecule has 1 saturated heterocycles. The fraction of sp³-hybridized carbons (Fsp3) is 0.333. The quantitative estimate of drug-likeness (QED) is 0.482. The van der Waals surface area contributed by atoms with Crippen LogP contribution in [0, 0.1) is 5.92 Å². The second-order valence-corrected chi connectivity index (χ2v) is 9.37. The molecular formula is C27H28ClN3O2. The number of carbonyl (C=O) groups is 1. The molecule has 0 N–H and O–H groups in total. The molecule has 170 valence electrons. The van der Waals surface area contributed by atoms with E-state index in [4.69, 9.17) is 21.1 Å². The van der Waals surface area contributed by atoms with Gasteiger partial charge in [-0.3, -0.25) is 9.69 Å². The van der Waals surface area contributed by atoms with Crippen molar-refractivity contribution in [3.8, 4) is 0 Å². The van der Waals surface area contributed by atoms with Gasteiger partial charge < -0.3 is 4.42 Å². The summed E-state index contributed by atoms with van der Waals surface area (Å²) in [5, 5.41) is 7.04. The highest BCUT2D eigenvalue weighted by atomic mass is 35.5. The highest BCUT2D eigenvalue weighted by Crippen LogP contribution is 2.33. The van der Waals surface area contributed by atoms with E-state index in [0.717, 1.165) is 49.4 Å². The Morgan fingerprint density at radius 2 is 1.76 bits per heavy atom. The first-order valence-electron chi connectivity index (χ1n) is 11.6. The summed E-state index contributed by atoms with van der Waals surface area (Å²) in [6.07, 6.45) is 5.62. The van der Waals surface area contributed by atoms with Gasteiger partial charge in [0, 0.05) is 11.4 Å². The number of nitrogens with zero attached hydrogens (tertiary/aromatic N) is 3. The van der Waals surface area contributed by atoms with Crippen LogP contribution in [0.1, 0.15) is 42.2 Å². The summed E-state index contributed by atoms with van der Waals surface area (Å²) in [6.45, 7) is 2.26. The molecule has 0 radical (unpaired) electrons. The molecule has 0 saturated carbocycles. The topological polar surface area (TPSA) is 49.1 Å². The van der Waals surface area contributed by atoms with Gasteiger partial charge in [-0.05, 0) is 73.7 Å². The Bertz CT molecular complexity index is 1090. The molecule has 1 atom stereocenters. The van der Waals surface area contributed by atoms with Crippen LogP contribution in [0.15, 0.2) is 82.5 Å². The van der Waals surface area contributed by atoms with Crippen molar-refractivity contribution in [1.29, 1.82) is 0 Å². The van der Waals surface area contributed by atoms with Crippen LogP contribution >= 0.6 is 11.6 Å². The van der Waals surface area contributed by atoms with E-state index in [1.54, 1.807) is 11.3 Å². The third-order valence-corrected chi connectivity index (χ3v) is 6.90. The number of carbonyl (C=O) groups excluding carboxylic acids is 1. The lowest BCUT2D eigenvalue weighted by molar-refractivity contribution is -0.135. The average Bonchev–Trinajstić information content (AvgIpc) is 3.52. The van der Waals surface area contributed by atoms with Crippen LogP contribution in [0.25, 0.3) is 0 Å². The van der Waals surface area contributed by atoms with Gasteiger partial charge in [-0.1, -0.05) is 54.1 Å². The summed E-state index contributed by atoms with van der Waals surface area (Å²) in [7, 11) is 0. The molecule has 6 heteroatoms. The Morgan fingerprint density at radius 3 is 2.45 bits per heavy atom. The fourth-order valence-electron chi connectivity index (χ4n) is 4.82. The largest absolute Gasteiger partial charge is 0.467 e. The van der Waals surface area contributed by atoms with Crippen molar-refractivity contribution in [2.24, 2.45) is 11.0 Å². The van der Waals surface area contributed by atoms with E-state index in [1.807, 2.05) is 36.4 Å². The number of amides is 1. The van der Waals surface area contributed by atoms with E-state index in [-0.39, 0.29) is 11.9 Å². The molecule has 5 nitrogen and oxygen atoms in total. The van der Waals surface area contributed by atoms with E-state index in [1.165, 1.54) is 5.56 Å². The van der Waals surface area contributed by atoms with Crippen molar-refractivity contribution in [1.82, 2.24) is 9.91 Å². The number of piperidine rings is 1. The zero-order valence-corrected chi connectivity index (χ0v) is 19.3. The lowest BCUT2D eigenvalue weighted by Crippen LogP contribution is -2.42. The first kappa shape index (κ1) is 21.9. The molecule has 0 bridgehead atoms. The molecule has 3 aromatic rings. The normalized spacial score (nSPS) is 19.6. The maximum Gasteiger partial charge on any atom is 0.257 e. The van der Waals surface area contributed by atoms with Gasteiger partial charge in [0.05, 0.1) is 18.5 Å². The predicted molar refractivity (Wildman–Crippen MR) is 130 cm³/mol. The molecule has 1 unspecified atom stereocenters. The van der Waals surface area contributed by atoms with Crippen molar-refractivity contribution >= 4 is 23.2 Å². The van der Waals surface area contributed by atoms with Crippen LogP contribution in [0.4, 0.5) is 0 Å². The highest BCUT2D eigenvalue weighted by molar-refractivity contribution is 6.30. The summed E-state index contributed by atoms with van der Waals surface area (Å²) in [6, 6.07) is 21.8. The van der Waals surface area contributed by atoms with Crippen LogP contribution < -0.4 is 0 Å². The van der Waals surface area contributed by atoms with Gasteiger partial charge >= 0.3 is 0 Å². The minimum absolute atomic E-state index is 0.0156. The van der Waals surface area contributed by atoms with Gasteiger partial charge in [0.25, 0.3) is 5.91 Å². The summed E-state index contributed by atoms with van der Waals surface area (Å²) < 4.78 is 5.66. The number of benzene rings is 2. The maximum atomic E-state index is 13.3. The molecule has 1 aromatic heterocycles. The second kappa shape index (κ2) is 9.94. The predicted octanol–water partition coefficient (Wildman–Crippen LogP) is 5.57. The molecular weight excluding hydrogens is 434 g/mol. The summed E-state index contributed by atoms with van der Waals surface area (Å²) >= 11 is 6.05. The minimum atomic E-state index is -0.214. The van der Waals surface area contributed by atoms with Crippen LogP contribution in [0.3, 0.4) is 0 Å². The Labute approximate surface area is 199 Å². The molecule has 0 spiro atoms. The third kappa shape index (κ3) is 5.21. The Balaban J connectivity index is 1.23. The number of hydrazone groups is 1. The molecule has 5 rings (SSSR count). The SMILES string of the molecule is O=C(CN1CCC(Cc2ccccc2)CC1)N1N=C(c2ccc(Cl)cc2)CC1c1ccco1. The van der Waals surface area contributed by atoms with Gasteiger partial charge in [-0.15, -0.1) is 0 Å². The number of rotatable bonds is 6. The van der Waals surface area contributed by atoms with Crippen molar-refractivity contribution in [2.45, 2.75) is 31.7 Å². The fourth-order valence-corrected chi connectivity index (χ4v) is 4.95. The summed E-state index contributed by atoms with van der Waals surface area (Å²) in [4.78, 5) is 15.6. The molecule has 2 aliphatic rings. The van der Waals surface area contributed by atoms with Gasteiger partial charge in [0.15, 0.2) is 0 Å². The van der Waals surface area contributed by atoms with Crippen LogP contribution in [-0.4, -0.2) is 41.2 Å². The Kier molecular flexibility index (Phi) is 6.60. The maximum absolute atomic E-state index is 13.3. The van der Waals surface area contributed by atoms with E-state index >= 15 is 0 Å². The van der Waals surface area contributed by atoms with Gasteiger partial charge in [-0.25, -0.2) is 5.01 Å². The van der Waals surface area contributed by atoms with Crippen molar-refractivity contribution in [3.63, 3.8) is 0 Å². The highest BCUT2D eigenvalue weighted by Gasteiger charge is 2.35. The van der Waals surface area contributed by atoms with E-state index < -0.39 is 0 Å². The molecule has 2 aromatic carbocycles. The zero-order chi connectivity index (χ0) is 22.6. The smallest absolute Gasteiger partial charge is 0.257 e. The summed E-state index contributed by atoms with van der Waals surface area (Å²) in [5.41, 5.74) is 3.26. The van der Waals surface area contributed by atoms with E-state index in [2.05, 4.69) is 35.2 Å². The zero-order valence-electron chi connectivity index (χ0n) is 18.6. The number of furan rings is 1. The van der Waals surface area contributed by atoms with Crippen LogP contribution in [0.2, 0.25) is 5.02 Å². The second-order valence-electron chi connectivity index (χ2n) is 8.94. The van der Waals surface area contributed by atoms with Gasteiger partial charge in [0.2, 0.25) is 0 Å². The third-order valence-electron chi connectivity index (χ3n) is 6.65. The Hall–Kier alpha value is -2.89. The standard InChI is InChI=1S/C27H28ClN3O2/c28-23-10-8-22(9-11-23)24-18-25(26-7-4-16-33-26)31(29-24)27(32)19-30-14-12-21(13-15-30)17-20-5-2-1-3-6-20/h1-11,16,21,25H,12-15,17-19H2. The van der Waals surface area contributed by atoms with Crippen molar-refractivity contribution in [3.05, 3.63) is 94.9 Å². The lowest BCUT2D eigenvalue weighted by Gasteiger charge is -2.32. The molecule has 33 heavy (non-hydrogen) atoms. The average molecular weight is 462 g/mol. The molecule has 1 amide bonds. The number of hydrogen-bond acceptors (Lipinski definition) is 4. The molecule has 0 aliphatic carbocycles. The van der Waals surface area contributed by atoms with E-state index in [0.29, 0.717) is 23.9 Å². The Morgan fingerprint density at radius 1 is 1.00 bits per heavy atom. The van der Waals surface area contributed by atoms with Crippen LogP contribution in [0.5, 0.6) is 0 Å². The number of likely N-dealkylation sites (tertiary alicyclic amines) is 1. The van der Waals surface area contributed by atoms with Crippen LogP contribution in [-0.2, 0) is 11.2 Å². The van der Waals surface area contributed by atoms with Crippen molar-refractivity contribution < 1.29 is 9.21 Å². The lowest BCUT2D eigenvalue weighted by atomic mass is 9.90. The van der Waals surface area contributed by atoms with Crippen molar-refractivity contribution in [2.75, 3.05) is 19.6 Å². The van der Waals surface area contributed by atoms with Gasteiger partial charge in [0.1, 0.15) is 11.8 Å².